The van der Waals surface area contributed by atoms with Crippen molar-refractivity contribution in [2.45, 2.75) is 13.6 Å². The normalized spacial score (nSPS) is 16.0. The zero-order valence-corrected chi connectivity index (χ0v) is 17.4. The minimum absolute atomic E-state index is 0.452. The van der Waals surface area contributed by atoms with Crippen LogP contribution in [0.4, 0.5) is 0 Å². The highest BCUT2D eigenvalue weighted by Gasteiger charge is 2.18. The van der Waals surface area contributed by atoms with Crippen LogP contribution in [-0.4, -0.2) is 64.6 Å². The van der Waals surface area contributed by atoms with Gasteiger partial charge in [0.1, 0.15) is 12.5 Å². The standard InChI is InChI=1S/C22H27N7O/c1-3-5-17-14-28(15-25-17)16-26-21(19-6-4-7-20-18(19)8-9-24-20)27-22(23-2)29-10-12-30-13-11-29/h3-9,14-15,24H,10-13,16H2,1-2H3,(H,23,26,27)/b5-3+. The highest BCUT2D eigenvalue weighted by atomic mass is 16.5. The summed E-state index contributed by atoms with van der Waals surface area (Å²) in [7, 11) is 1.80. The molecule has 1 saturated heterocycles. The third-order valence-corrected chi connectivity index (χ3v) is 4.99. The van der Waals surface area contributed by atoms with Crippen molar-refractivity contribution in [2.24, 2.45) is 9.98 Å². The molecule has 0 amide bonds. The number of amidine groups is 1. The van der Waals surface area contributed by atoms with Crippen molar-refractivity contribution in [3.8, 4) is 0 Å². The number of aliphatic imine (C=N–C) groups is 2. The van der Waals surface area contributed by atoms with Gasteiger partial charge in [-0.15, -0.1) is 0 Å². The average Bonchev–Trinajstić information content (AvgIpc) is 3.44. The Kier molecular flexibility index (Phi) is 6.24. The molecule has 1 fully saturated rings. The molecular weight excluding hydrogens is 378 g/mol. The largest absolute Gasteiger partial charge is 0.378 e. The molecule has 0 atom stereocenters. The molecule has 0 unspecified atom stereocenters. The Balaban J connectivity index is 1.65. The summed E-state index contributed by atoms with van der Waals surface area (Å²) in [5.41, 5.74) is 3.01. The zero-order valence-electron chi connectivity index (χ0n) is 17.4. The van der Waals surface area contributed by atoms with Crippen LogP contribution in [0.25, 0.3) is 17.0 Å². The number of rotatable bonds is 4. The summed E-state index contributed by atoms with van der Waals surface area (Å²) in [5.74, 6) is 1.57. The van der Waals surface area contributed by atoms with Crippen molar-refractivity contribution in [3.63, 3.8) is 0 Å². The molecule has 0 radical (unpaired) electrons. The Morgan fingerprint density at radius 1 is 1.30 bits per heavy atom. The van der Waals surface area contributed by atoms with Crippen LogP contribution in [0.1, 0.15) is 18.2 Å². The maximum absolute atomic E-state index is 5.48. The number of aromatic nitrogens is 3. The zero-order chi connectivity index (χ0) is 20.8. The molecule has 2 aromatic heterocycles. The van der Waals surface area contributed by atoms with E-state index >= 15 is 0 Å². The van der Waals surface area contributed by atoms with E-state index in [0.717, 1.165) is 47.0 Å². The van der Waals surface area contributed by atoms with E-state index in [4.69, 9.17) is 9.73 Å². The number of imidazole rings is 1. The summed E-state index contributed by atoms with van der Waals surface area (Å²) in [4.78, 5) is 19.2. The summed E-state index contributed by atoms with van der Waals surface area (Å²) in [6.07, 6.45) is 9.67. The fourth-order valence-electron chi connectivity index (χ4n) is 3.51. The summed E-state index contributed by atoms with van der Waals surface area (Å²) in [5, 5.41) is 4.60. The van der Waals surface area contributed by atoms with E-state index in [9.17, 15) is 0 Å². The van der Waals surface area contributed by atoms with E-state index in [1.807, 2.05) is 42.1 Å². The van der Waals surface area contributed by atoms with Gasteiger partial charge in [0.2, 0.25) is 0 Å². The maximum atomic E-state index is 5.48. The first kappa shape index (κ1) is 19.9. The van der Waals surface area contributed by atoms with E-state index in [1.54, 1.807) is 13.4 Å². The number of nitrogens with one attached hydrogen (secondary N) is 2. The number of guanidine groups is 1. The lowest BCUT2D eigenvalue weighted by Crippen LogP contribution is -2.49. The van der Waals surface area contributed by atoms with Crippen molar-refractivity contribution < 1.29 is 4.74 Å². The Morgan fingerprint density at radius 3 is 2.97 bits per heavy atom. The van der Waals surface area contributed by atoms with Gasteiger partial charge in [-0.2, -0.15) is 0 Å². The van der Waals surface area contributed by atoms with Gasteiger partial charge in [-0.05, 0) is 25.1 Å². The highest BCUT2D eigenvalue weighted by molar-refractivity contribution is 6.15. The second-order valence-electron chi connectivity index (χ2n) is 6.98. The van der Waals surface area contributed by atoms with Crippen LogP contribution < -0.4 is 5.32 Å². The molecular formula is C22H27N7O. The summed E-state index contributed by atoms with van der Waals surface area (Å²) < 4.78 is 7.45. The second kappa shape index (κ2) is 9.41. The van der Waals surface area contributed by atoms with E-state index in [1.165, 1.54) is 0 Å². The van der Waals surface area contributed by atoms with E-state index < -0.39 is 0 Å². The first-order chi connectivity index (χ1) is 14.8. The number of benzene rings is 1. The first-order valence-electron chi connectivity index (χ1n) is 10.1. The minimum atomic E-state index is 0.452. The van der Waals surface area contributed by atoms with Gasteiger partial charge in [0.15, 0.2) is 5.96 Å². The summed E-state index contributed by atoms with van der Waals surface area (Å²) in [6.45, 7) is 5.43. The number of H-pyrrole nitrogens is 1. The third kappa shape index (κ3) is 4.44. The van der Waals surface area contributed by atoms with Crippen LogP contribution in [0, 0.1) is 0 Å². The van der Waals surface area contributed by atoms with Crippen LogP contribution in [0.3, 0.4) is 0 Å². The number of aromatic amines is 1. The fourth-order valence-corrected chi connectivity index (χ4v) is 3.51. The fraction of sp³-hybridized carbons (Fsp3) is 0.318. The molecule has 8 nitrogen and oxygen atoms in total. The molecule has 1 aromatic carbocycles. The molecule has 0 aliphatic carbocycles. The average molecular weight is 406 g/mol. The lowest BCUT2D eigenvalue weighted by atomic mass is 10.1. The van der Waals surface area contributed by atoms with Crippen LogP contribution in [0.2, 0.25) is 0 Å². The van der Waals surface area contributed by atoms with Crippen molar-refractivity contribution in [3.05, 3.63) is 60.3 Å². The van der Waals surface area contributed by atoms with E-state index in [2.05, 4.69) is 43.4 Å². The van der Waals surface area contributed by atoms with E-state index in [0.29, 0.717) is 19.9 Å². The molecule has 3 aromatic rings. The molecule has 2 N–H and O–H groups in total. The van der Waals surface area contributed by atoms with Crippen molar-refractivity contribution in [1.82, 2.24) is 24.8 Å². The Morgan fingerprint density at radius 2 is 2.17 bits per heavy atom. The SMILES string of the molecule is C/C=C/c1cn(C/N=C(\NC(=NC)N2CCOCC2)c2cccc3[nH]ccc23)cn1. The monoisotopic (exact) mass is 405 g/mol. The molecule has 0 bridgehead atoms. The predicted octanol–water partition coefficient (Wildman–Crippen LogP) is 2.71. The number of nitrogens with zero attached hydrogens (tertiary/aromatic N) is 5. The van der Waals surface area contributed by atoms with Crippen molar-refractivity contribution >= 4 is 28.8 Å². The molecule has 0 saturated carbocycles. The van der Waals surface area contributed by atoms with Crippen LogP contribution >= 0.6 is 0 Å². The van der Waals surface area contributed by atoms with Crippen molar-refractivity contribution in [2.75, 3.05) is 33.4 Å². The quantitative estimate of drug-likeness (QED) is 0.516. The van der Waals surface area contributed by atoms with Gasteiger partial charge in [0.25, 0.3) is 0 Å². The molecule has 0 spiro atoms. The molecule has 30 heavy (non-hydrogen) atoms. The number of allylic oxidation sites excluding steroid dienone is 1. The number of morpholine rings is 1. The molecule has 1 aliphatic heterocycles. The topological polar surface area (TPSA) is 82.8 Å². The lowest BCUT2D eigenvalue weighted by Gasteiger charge is -2.30. The van der Waals surface area contributed by atoms with Gasteiger partial charge in [0, 0.05) is 49.0 Å². The molecule has 156 valence electrons. The summed E-state index contributed by atoms with van der Waals surface area (Å²) in [6, 6.07) is 8.24. The van der Waals surface area contributed by atoms with Crippen LogP contribution in [0.15, 0.2) is 59.0 Å². The van der Waals surface area contributed by atoms with Gasteiger partial charge < -0.3 is 24.5 Å². The van der Waals surface area contributed by atoms with Crippen molar-refractivity contribution in [1.29, 1.82) is 0 Å². The van der Waals surface area contributed by atoms with Crippen LogP contribution in [0.5, 0.6) is 0 Å². The maximum Gasteiger partial charge on any atom is 0.199 e. The third-order valence-electron chi connectivity index (χ3n) is 4.99. The molecule has 8 heteroatoms. The van der Waals surface area contributed by atoms with Gasteiger partial charge in [-0.3, -0.25) is 4.99 Å². The number of ether oxygens (including phenoxy) is 1. The van der Waals surface area contributed by atoms with Gasteiger partial charge in [0.05, 0.1) is 25.2 Å². The number of hydrogen-bond acceptors (Lipinski definition) is 4. The van der Waals surface area contributed by atoms with Crippen LogP contribution in [-0.2, 0) is 11.4 Å². The van der Waals surface area contributed by atoms with Gasteiger partial charge >= 0.3 is 0 Å². The molecule has 4 rings (SSSR count). The van der Waals surface area contributed by atoms with E-state index in [-0.39, 0.29) is 0 Å². The number of fused-ring (bicyclic) bond motifs is 1. The first-order valence-corrected chi connectivity index (χ1v) is 10.1. The molecule has 1 aliphatic rings. The molecule has 3 heterocycles. The lowest BCUT2D eigenvalue weighted by molar-refractivity contribution is 0.0670. The van der Waals surface area contributed by atoms with Gasteiger partial charge in [-0.1, -0.05) is 18.2 Å². The Bertz CT molecular complexity index is 1070. The summed E-state index contributed by atoms with van der Waals surface area (Å²) >= 11 is 0. The second-order valence-corrected chi connectivity index (χ2v) is 6.98. The smallest absolute Gasteiger partial charge is 0.199 e. The Hall–Kier alpha value is -3.39. The highest BCUT2D eigenvalue weighted by Crippen LogP contribution is 2.18. The Labute approximate surface area is 176 Å². The minimum Gasteiger partial charge on any atom is -0.378 e. The number of hydrogen-bond donors (Lipinski definition) is 2. The van der Waals surface area contributed by atoms with Gasteiger partial charge in [-0.25, -0.2) is 9.98 Å². The predicted molar refractivity (Wildman–Crippen MR) is 121 cm³/mol.